The fourth-order valence-electron chi connectivity index (χ4n) is 2.27. The van der Waals surface area contributed by atoms with Crippen LogP contribution in [-0.2, 0) is 4.74 Å². The van der Waals surface area contributed by atoms with Gasteiger partial charge in [0.15, 0.2) is 0 Å². The molecule has 0 spiro atoms. The molecule has 88 valence electrons. The monoisotopic (exact) mass is 302 g/mol. The van der Waals surface area contributed by atoms with Gasteiger partial charge >= 0.3 is 5.97 Å². The maximum Gasteiger partial charge on any atom is 0.348 e. The number of carbonyl (C=O) groups excluding carboxylic acids is 1. The van der Waals surface area contributed by atoms with Crippen LogP contribution in [-0.4, -0.2) is 12.6 Å². The summed E-state index contributed by atoms with van der Waals surface area (Å²) < 4.78 is 6.12. The van der Waals surface area contributed by atoms with Gasteiger partial charge in [-0.3, -0.25) is 0 Å². The summed E-state index contributed by atoms with van der Waals surface area (Å²) in [6, 6.07) is 2.09. The average molecular weight is 303 g/mol. The lowest BCUT2D eigenvalue weighted by atomic mass is 9.98. The van der Waals surface area contributed by atoms with Gasteiger partial charge in [0.1, 0.15) is 4.88 Å². The Balaban J connectivity index is 2.25. The molecule has 1 heterocycles. The predicted octanol–water partition coefficient (Wildman–Crippen LogP) is 4.34. The molecule has 0 unspecified atom stereocenters. The smallest absolute Gasteiger partial charge is 0.348 e. The quantitative estimate of drug-likeness (QED) is 0.776. The molecular weight excluding hydrogens is 288 g/mol. The van der Waals surface area contributed by atoms with Gasteiger partial charge in [0.25, 0.3) is 0 Å². The van der Waals surface area contributed by atoms with Crippen LogP contribution >= 0.6 is 27.3 Å². The van der Waals surface area contributed by atoms with Crippen LogP contribution in [0.1, 0.15) is 53.8 Å². The van der Waals surface area contributed by atoms with Gasteiger partial charge in [-0.05, 0) is 53.2 Å². The Hall–Kier alpha value is -0.350. The molecule has 1 aliphatic carbocycles. The van der Waals surface area contributed by atoms with Crippen molar-refractivity contribution in [2.75, 3.05) is 6.61 Å². The number of ether oxygens (including phenoxy) is 1. The Kier molecular flexibility index (Phi) is 4.03. The summed E-state index contributed by atoms with van der Waals surface area (Å²) in [4.78, 5) is 12.6. The van der Waals surface area contributed by atoms with E-state index >= 15 is 0 Å². The number of hydrogen-bond donors (Lipinski definition) is 0. The molecule has 0 atom stereocenters. The Morgan fingerprint density at radius 1 is 1.56 bits per heavy atom. The molecule has 0 N–H and O–H groups in total. The fourth-order valence-corrected chi connectivity index (χ4v) is 3.87. The molecule has 0 bridgehead atoms. The lowest BCUT2D eigenvalue weighted by Crippen LogP contribution is -2.06. The standard InChI is InChI=1S/C12H15BrO2S/c1-2-15-12(14)11-9(7-10(13)16-11)8-5-3-4-6-8/h7-8H,2-6H2,1H3. The van der Waals surface area contributed by atoms with Crippen molar-refractivity contribution >= 4 is 33.2 Å². The van der Waals surface area contributed by atoms with E-state index in [4.69, 9.17) is 4.74 Å². The molecule has 1 aromatic rings. The largest absolute Gasteiger partial charge is 0.462 e. The van der Waals surface area contributed by atoms with Crippen LogP contribution in [0.3, 0.4) is 0 Å². The fraction of sp³-hybridized carbons (Fsp3) is 0.583. The van der Waals surface area contributed by atoms with E-state index in [0.29, 0.717) is 12.5 Å². The van der Waals surface area contributed by atoms with E-state index in [1.165, 1.54) is 42.6 Å². The van der Waals surface area contributed by atoms with Gasteiger partial charge in [0.05, 0.1) is 10.4 Å². The second-order valence-corrected chi connectivity index (χ2v) is 6.47. The highest BCUT2D eigenvalue weighted by atomic mass is 79.9. The first kappa shape index (κ1) is 12.1. The summed E-state index contributed by atoms with van der Waals surface area (Å²) >= 11 is 4.95. The van der Waals surface area contributed by atoms with Crippen LogP contribution in [0.5, 0.6) is 0 Å². The molecule has 1 aliphatic rings. The van der Waals surface area contributed by atoms with Crippen molar-refractivity contribution in [2.45, 2.75) is 38.5 Å². The van der Waals surface area contributed by atoms with E-state index in [1.807, 2.05) is 6.92 Å². The van der Waals surface area contributed by atoms with E-state index in [1.54, 1.807) is 0 Å². The predicted molar refractivity (Wildman–Crippen MR) is 69.2 cm³/mol. The molecular formula is C12H15BrO2S. The van der Waals surface area contributed by atoms with Crippen molar-refractivity contribution < 1.29 is 9.53 Å². The number of hydrogen-bond acceptors (Lipinski definition) is 3. The number of rotatable bonds is 3. The van der Waals surface area contributed by atoms with Gasteiger partial charge in [0.2, 0.25) is 0 Å². The highest BCUT2D eigenvalue weighted by Crippen LogP contribution is 2.40. The molecule has 0 amide bonds. The van der Waals surface area contributed by atoms with Crippen LogP contribution in [0.2, 0.25) is 0 Å². The zero-order chi connectivity index (χ0) is 11.5. The third kappa shape index (κ3) is 2.48. The first-order chi connectivity index (χ1) is 7.72. The minimum Gasteiger partial charge on any atom is -0.462 e. The summed E-state index contributed by atoms with van der Waals surface area (Å²) in [5.74, 6) is 0.391. The van der Waals surface area contributed by atoms with E-state index in [0.717, 1.165) is 8.66 Å². The van der Waals surface area contributed by atoms with Crippen molar-refractivity contribution in [3.63, 3.8) is 0 Å². The van der Waals surface area contributed by atoms with Gasteiger partial charge in [0, 0.05) is 0 Å². The number of esters is 1. The van der Waals surface area contributed by atoms with Gasteiger partial charge < -0.3 is 4.74 Å². The number of thiophene rings is 1. The molecule has 4 heteroatoms. The minimum absolute atomic E-state index is 0.167. The third-order valence-electron chi connectivity index (χ3n) is 2.99. The summed E-state index contributed by atoms with van der Waals surface area (Å²) in [5, 5.41) is 0. The van der Waals surface area contributed by atoms with Gasteiger partial charge in [-0.2, -0.15) is 0 Å². The maximum absolute atomic E-state index is 11.8. The Morgan fingerprint density at radius 3 is 2.88 bits per heavy atom. The number of halogens is 1. The van der Waals surface area contributed by atoms with Crippen molar-refractivity contribution in [1.29, 1.82) is 0 Å². The molecule has 2 rings (SSSR count). The molecule has 0 radical (unpaired) electrons. The second-order valence-electron chi connectivity index (χ2n) is 4.04. The number of carbonyl (C=O) groups is 1. The molecule has 1 aromatic heterocycles. The summed E-state index contributed by atoms with van der Waals surface area (Å²) in [7, 11) is 0. The van der Waals surface area contributed by atoms with Crippen LogP contribution in [0, 0.1) is 0 Å². The van der Waals surface area contributed by atoms with Crippen LogP contribution in [0.25, 0.3) is 0 Å². The van der Waals surface area contributed by atoms with Crippen molar-refractivity contribution in [1.82, 2.24) is 0 Å². The van der Waals surface area contributed by atoms with E-state index in [9.17, 15) is 4.79 Å². The minimum atomic E-state index is -0.167. The van der Waals surface area contributed by atoms with E-state index in [2.05, 4.69) is 22.0 Å². The zero-order valence-corrected chi connectivity index (χ0v) is 11.7. The SMILES string of the molecule is CCOC(=O)c1sc(Br)cc1C1CCCC1. The van der Waals surface area contributed by atoms with Crippen LogP contribution in [0.4, 0.5) is 0 Å². The molecule has 16 heavy (non-hydrogen) atoms. The Morgan fingerprint density at radius 2 is 2.25 bits per heavy atom. The lowest BCUT2D eigenvalue weighted by Gasteiger charge is -2.09. The molecule has 1 saturated carbocycles. The molecule has 0 saturated heterocycles. The molecule has 0 aromatic carbocycles. The zero-order valence-electron chi connectivity index (χ0n) is 9.29. The first-order valence-electron chi connectivity index (χ1n) is 5.68. The normalized spacial score (nSPS) is 16.6. The van der Waals surface area contributed by atoms with Crippen LogP contribution < -0.4 is 0 Å². The van der Waals surface area contributed by atoms with Gasteiger partial charge in [-0.1, -0.05) is 12.8 Å². The van der Waals surface area contributed by atoms with Crippen molar-refractivity contribution in [3.05, 3.63) is 20.3 Å². The van der Waals surface area contributed by atoms with E-state index < -0.39 is 0 Å². The average Bonchev–Trinajstić information content (AvgIpc) is 2.85. The van der Waals surface area contributed by atoms with Crippen LogP contribution in [0.15, 0.2) is 9.85 Å². The van der Waals surface area contributed by atoms with Gasteiger partial charge in [-0.15, -0.1) is 11.3 Å². The Bertz CT molecular complexity index is 380. The highest BCUT2D eigenvalue weighted by Gasteiger charge is 2.25. The third-order valence-corrected chi connectivity index (χ3v) is 4.62. The summed E-state index contributed by atoms with van der Waals surface area (Å²) in [6.07, 6.45) is 4.96. The lowest BCUT2D eigenvalue weighted by molar-refractivity contribution is 0.0530. The summed E-state index contributed by atoms with van der Waals surface area (Å²) in [6.45, 7) is 2.29. The molecule has 1 fully saturated rings. The highest BCUT2D eigenvalue weighted by molar-refractivity contribution is 9.11. The van der Waals surface area contributed by atoms with E-state index in [-0.39, 0.29) is 5.97 Å². The van der Waals surface area contributed by atoms with Gasteiger partial charge in [-0.25, -0.2) is 4.79 Å². The second kappa shape index (κ2) is 5.32. The summed E-state index contributed by atoms with van der Waals surface area (Å²) in [5.41, 5.74) is 1.19. The maximum atomic E-state index is 11.8. The van der Waals surface area contributed by atoms with Crippen molar-refractivity contribution in [3.8, 4) is 0 Å². The topological polar surface area (TPSA) is 26.3 Å². The molecule has 0 aliphatic heterocycles. The molecule has 2 nitrogen and oxygen atoms in total. The first-order valence-corrected chi connectivity index (χ1v) is 7.29. The Labute approximate surface area is 108 Å². The van der Waals surface area contributed by atoms with Crippen molar-refractivity contribution in [2.24, 2.45) is 0 Å².